The van der Waals surface area contributed by atoms with Crippen molar-refractivity contribution in [2.45, 2.75) is 6.04 Å². The van der Waals surface area contributed by atoms with Crippen LogP contribution in [0, 0.1) is 0 Å². The van der Waals surface area contributed by atoms with Crippen LogP contribution >= 0.6 is 23.2 Å². The van der Waals surface area contributed by atoms with Gasteiger partial charge in [0.25, 0.3) is 0 Å². The molecule has 2 aromatic rings. The van der Waals surface area contributed by atoms with E-state index in [1.54, 1.807) is 24.4 Å². The molecule has 0 aliphatic rings. The molecule has 0 aliphatic heterocycles. The summed E-state index contributed by atoms with van der Waals surface area (Å²) in [5, 5.41) is 0.976. The minimum Gasteiger partial charge on any atom is -0.383 e. The van der Waals surface area contributed by atoms with Crippen LogP contribution in [0.15, 0.2) is 36.5 Å². The molecule has 0 bridgehead atoms. The van der Waals surface area contributed by atoms with Gasteiger partial charge in [-0.3, -0.25) is 0 Å². The Morgan fingerprint density at radius 3 is 2.53 bits per heavy atom. The van der Waals surface area contributed by atoms with Crippen LogP contribution in [0.3, 0.4) is 0 Å². The molecular weight excluding hydrogens is 257 g/mol. The van der Waals surface area contributed by atoms with Crippen molar-refractivity contribution in [3.05, 3.63) is 57.7 Å². The molecule has 1 unspecified atom stereocenters. The third-order valence-electron chi connectivity index (χ3n) is 2.51. The van der Waals surface area contributed by atoms with Crippen LogP contribution < -0.4 is 11.5 Å². The van der Waals surface area contributed by atoms with Gasteiger partial charge in [0.05, 0.1) is 16.1 Å². The van der Waals surface area contributed by atoms with Gasteiger partial charge in [-0.25, -0.2) is 4.98 Å². The fourth-order valence-corrected chi connectivity index (χ4v) is 1.88. The van der Waals surface area contributed by atoms with E-state index >= 15 is 0 Å². The smallest absolute Gasteiger partial charge is 0.128 e. The number of nitrogens with zero attached hydrogens (tertiary/aromatic N) is 1. The predicted molar refractivity (Wildman–Crippen MR) is 71.1 cm³/mol. The summed E-state index contributed by atoms with van der Waals surface area (Å²) >= 11 is 11.8. The summed E-state index contributed by atoms with van der Waals surface area (Å²) in [5.41, 5.74) is 13.5. The average molecular weight is 268 g/mol. The Morgan fingerprint density at radius 2 is 1.88 bits per heavy atom. The summed E-state index contributed by atoms with van der Waals surface area (Å²) in [6, 6.07) is 8.55. The zero-order valence-corrected chi connectivity index (χ0v) is 10.4. The van der Waals surface area contributed by atoms with Gasteiger partial charge in [0, 0.05) is 11.8 Å². The molecule has 1 aromatic carbocycles. The Labute approximate surface area is 109 Å². The van der Waals surface area contributed by atoms with Crippen molar-refractivity contribution in [3.8, 4) is 0 Å². The molecule has 1 aromatic heterocycles. The molecule has 0 amide bonds. The first kappa shape index (κ1) is 12.2. The van der Waals surface area contributed by atoms with Gasteiger partial charge in [-0.2, -0.15) is 0 Å². The normalized spacial score (nSPS) is 12.4. The quantitative estimate of drug-likeness (QED) is 0.879. The molecule has 88 valence electrons. The maximum absolute atomic E-state index is 6.11. The number of nitrogen functional groups attached to an aromatic ring is 1. The lowest BCUT2D eigenvalue weighted by molar-refractivity contribution is 0.868. The van der Waals surface area contributed by atoms with Gasteiger partial charge >= 0.3 is 0 Å². The molecule has 1 atom stereocenters. The van der Waals surface area contributed by atoms with Crippen molar-refractivity contribution in [3.63, 3.8) is 0 Å². The number of anilines is 1. The fourth-order valence-electron chi connectivity index (χ4n) is 1.58. The SMILES string of the molecule is Nc1ncccc1C(N)c1ccc(Cl)c(Cl)c1. The number of rotatable bonds is 2. The van der Waals surface area contributed by atoms with Crippen molar-refractivity contribution >= 4 is 29.0 Å². The zero-order chi connectivity index (χ0) is 12.4. The fraction of sp³-hybridized carbons (Fsp3) is 0.0833. The number of halogens is 2. The number of pyridine rings is 1. The van der Waals surface area contributed by atoms with Crippen LogP contribution in [-0.2, 0) is 0 Å². The van der Waals surface area contributed by atoms with Crippen molar-refractivity contribution in [1.29, 1.82) is 0 Å². The monoisotopic (exact) mass is 267 g/mol. The van der Waals surface area contributed by atoms with E-state index in [1.807, 2.05) is 12.1 Å². The van der Waals surface area contributed by atoms with E-state index in [4.69, 9.17) is 34.7 Å². The Hall–Kier alpha value is -1.29. The molecule has 17 heavy (non-hydrogen) atoms. The van der Waals surface area contributed by atoms with Crippen molar-refractivity contribution < 1.29 is 0 Å². The topological polar surface area (TPSA) is 64.9 Å². The predicted octanol–water partition coefficient (Wildman–Crippen LogP) is 3.02. The van der Waals surface area contributed by atoms with Crippen LogP contribution in [0.2, 0.25) is 10.0 Å². The highest BCUT2D eigenvalue weighted by Crippen LogP contribution is 2.28. The molecule has 5 heteroatoms. The Balaban J connectivity index is 2.40. The van der Waals surface area contributed by atoms with Crippen molar-refractivity contribution in [1.82, 2.24) is 4.98 Å². The lowest BCUT2D eigenvalue weighted by atomic mass is 10.0. The molecule has 0 radical (unpaired) electrons. The molecular formula is C12H11Cl2N3. The molecule has 0 saturated carbocycles. The standard InChI is InChI=1S/C12H11Cl2N3/c13-9-4-3-7(6-10(9)14)11(15)8-2-1-5-17-12(8)16/h1-6,11H,15H2,(H2,16,17). The lowest BCUT2D eigenvalue weighted by Gasteiger charge is -2.14. The second kappa shape index (κ2) is 4.92. The van der Waals surface area contributed by atoms with E-state index in [9.17, 15) is 0 Å². The molecule has 0 fully saturated rings. The van der Waals surface area contributed by atoms with Crippen LogP contribution in [0.25, 0.3) is 0 Å². The molecule has 4 N–H and O–H groups in total. The Kier molecular flexibility index (Phi) is 3.52. The maximum atomic E-state index is 6.11. The first-order valence-corrected chi connectivity index (χ1v) is 5.76. The van der Waals surface area contributed by atoms with E-state index in [0.29, 0.717) is 15.9 Å². The molecule has 2 rings (SSSR count). The largest absolute Gasteiger partial charge is 0.383 e. The van der Waals surface area contributed by atoms with Crippen LogP contribution in [0.4, 0.5) is 5.82 Å². The summed E-state index contributed by atoms with van der Waals surface area (Å²) in [7, 11) is 0. The highest BCUT2D eigenvalue weighted by Gasteiger charge is 2.13. The third kappa shape index (κ3) is 2.52. The summed E-state index contributed by atoms with van der Waals surface area (Å²) in [4.78, 5) is 4.00. The van der Waals surface area contributed by atoms with Gasteiger partial charge in [0.1, 0.15) is 5.82 Å². The first-order chi connectivity index (χ1) is 8.09. The number of nitrogens with two attached hydrogens (primary N) is 2. The highest BCUT2D eigenvalue weighted by atomic mass is 35.5. The number of hydrogen-bond donors (Lipinski definition) is 2. The summed E-state index contributed by atoms with van der Waals surface area (Å²) in [5.74, 6) is 0.422. The molecule has 3 nitrogen and oxygen atoms in total. The van der Waals surface area contributed by atoms with Crippen LogP contribution in [0.5, 0.6) is 0 Å². The minimum atomic E-state index is -0.363. The second-order valence-corrected chi connectivity index (χ2v) is 4.44. The van der Waals surface area contributed by atoms with Gasteiger partial charge in [-0.05, 0) is 23.8 Å². The summed E-state index contributed by atoms with van der Waals surface area (Å²) in [6.07, 6.45) is 1.63. The van der Waals surface area contributed by atoms with E-state index in [2.05, 4.69) is 4.98 Å². The lowest BCUT2D eigenvalue weighted by Crippen LogP contribution is -2.14. The van der Waals surface area contributed by atoms with Gasteiger partial charge in [0.15, 0.2) is 0 Å². The second-order valence-electron chi connectivity index (χ2n) is 3.63. The van der Waals surface area contributed by atoms with Gasteiger partial charge in [-0.15, -0.1) is 0 Å². The molecule has 1 heterocycles. The van der Waals surface area contributed by atoms with Crippen LogP contribution in [-0.4, -0.2) is 4.98 Å². The number of aromatic nitrogens is 1. The average Bonchev–Trinajstić information content (AvgIpc) is 2.32. The van der Waals surface area contributed by atoms with Gasteiger partial charge in [0.2, 0.25) is 0 Å². The van der Waals surface area contributed by atoms with E-state index in [1.165, 1.54) is 0 Å². The van der Waals surface area contributed by atoms with Gasteiger partial charge < -0.3 is 11.5 Å². The minimum absolute atomic E-state index is 0.363. The van der Waals surface area contributed by atoms with Crippen molar-refractivity contribution in [2.24, 2.45) is 5.73 Å². The maximum Gasteiger partial charge on any atom is 0.128 e. The highest BCUT2D eigenvalue weighted by molar-refractivity contribution is 6.42. The Bertz CT molecular complexity index is 543. The number of benzene rings is 1. The molecule has 0 aliphatic carbocycles. The molecule has 0 saturated heterocycles. The Morgan fingerprint density at radius 1 is 1.12 bits per heavy atom. The third-order valence-corrected chi connectivity index (χ3v) is 3.25. The zero-order valence-electron chi connectivity index (χ0n) is 8.90. The van der Waals surface area contributed by atoms with E-state index < -0.39 is 0 Å². The summed E-state index contributed by atoms with van der Waals surface area (Å²) in [6.45, 7) is 0. The van der Waals surface area contributed by atoms with E-state index in [0.717, 1.165) is 11.1 Å². The number of hydrogen-bond acceptors (Lipinski definition) is 3. The molecule has 0 spiro atoms. The van der Waals surface area contributed by atoms with Gasteiger partial charge in [-0.1, -0.05) is 35.3 Å². The summed E-state index contributed by atoms with van der Waals surface area (Å²) < 4.78 is 0. The van der Waals surface area contributed by atoms with E-state index in [-0.39, 0.29) is 6.04 Å². The van der Waals surface area contributed by atoms with Crippen molar-refractivity contribution in [2.75, 3.05) is 5.73 Å². The first-order valence-electron chi connectivity index (χ1n) is 5.00. The van der Waals surface area contributed by atoms with Crippen LogP contribution in [0.1, 0.15) is 17.2 Å².